The van der Waals surface area contributed by atoms with Crippen LogP contribution in [0.25, 0.3) is 0 Å². The lowest BCUT2D eigenvalue weighted by atomic mass is 10.1. The smallest absolute Gasteiger partial charge is 0.329 e. The number of esters is 1. The highest BCUT2D eigenvalue weighted by atomic mass is 16.5. The van der Waals surface area contributed by atoms with E-state index in [1.807, 2.05) is 0 Å². The Balaban J connectivity index is 4.29. The van der Waals surface area contributed by atoms with Crippen LogP contribution in [-0.4, -0.2) is 42.6 Å². The Kier molecular flexibility index (Phi) is 6.09. The van der Waals surface area contributed by atoms with E-state index in [9.17, 15) is 14.4 Å². The van der Waals surface area contributed by atoms with Gasteiger partial charge in [-0.25, -0.2) is 4.79 Å². The molecule has 0 aromatic heterocycles. The van der Waals surface area contributed by atoms with Crippen molar-refractivity contribution >= 4 is 17.8 Å². The second-order valence-electron chi connectivity index (χ2n) is 3.32. The van der Waals surface area contributed by atoms with Gasteiger partial charge in [0.1, 0.15) is 6.04 Å². The number of rotatable bonds is 6. The molecule has 0 saturated carbocycles. The van der Waals surface area contributed by atoms with Gasteiger partial charge in [0.25, 0.3) is 0 Å². The summed E-state index contributed by atoms with van der Waals surface area (Å²) >= 11 is 0. The van der Waals surface area contributed by atoms with Crippen LogP contribution in [0.3, 0.4) is 0 Å². The molecule has 0 spiro atoms. The normalized spacial score (nSPS) is 13.7. The van der Waals surface area contributed by atoms with Crippen molar-refractivity contribution < 1.29 is 24.2 Å². The molecule has 0 aliphatic carbocycles. The second kappa shape index (κ2) is 6.78. The van der Waals surface area contributed by atoms with E-state index < -0.39 is 29.8 Å². The number of hydrogen-bond acceptors (Lipinski definition) is 5. The van der Waals surface area contributed by atoms with Gasteiger partial charge in [-0.3, -0.25) is 9.59 Å². The summed E-state index contributed by atoms with van der Waals surface area (Å²) in [5, 5.41) is 10.8. The van der Waals surface area contributed by atoms with Crippen molar-refractivity contribution in [3.63, 3.8) is 0 Å². The number of hydrogen-bond donors (Lipinski definition) is 3. The molecule has 7 nitrogen and oxygen atoms in total. The Morgan fingerprint density at radius 2 is 2.00 bits per heavy atom. The molecular weight excluding hydrogens is 216 g/mol. The lowest BCUT2D eigenvalue weighted by Crippen LogP contribution is -2.48. The molecule has 0 aliphatic rings. The lowest BCUT2D eigenvalue weighted by molar-refractivity contribution is -0.145. The van der Waals surface area contributed by atoms with Crippen molar-refractivity contribution in [2.45, 2.75) is 19.4 Å². The molecule has 2 unspecified atom stereocenters. The molecule has 0 saturated heterocycles. The van der Waals surface area contributed by atoms with Gasteiger partial charge in [0.15, 0.2) is 0 Å². The third kappa shape index (κ3) is 4.74. The molecule has 0 aromatic rings. The van der Waals surface area contributed by atoms with Gasteiger partial charge >= 0.3 is 11.9 Å². The molecule has 2 atom stereocenters. The third-order valence-corrected chi connectivity index (χ3v) is 1.97. The number of carboxylic acids is 1. The van der Waals surface area contributed by atoms with Crippen LogP contribution in [0.1, 0.15) is 13.3 Å². The Labute approximate surface area is 92.9 Å². The van der Waals surface area contributed by atoms with Crippen LogP contribution < -0.4 is 11.1 Å². The topological polar surface area (TPSA) is 119 Å². The van der Waals surface area contributed by atoms with Crippen molar-refractivity contribution in [2.75, 3.05) is 13.7 Å². The van der Waals surface area contributed by atoms with Gasteiger partial charge < -0.3 is 20.9 Å². The Morgan fingerprint density at radius 3 is 2.38 bits per heavy atom. The summed E-state index contributed by atoms with van der Waals surface area (Å²) in [6.07, 6.45) is -0.301. The zero-order valence-electron chi connectivity index (χ0n) is 9.23. The molecule has 0 bridgehead atoms. The minimum absolute atomic E-state index is 0.0990. The van der Waals surface area contributed by atoms with E-state index >= 15 is 0 Å². The van der Waals surface area contributed by atoms with Crippen molar-refractivity contribution in [1.82, 2.24) is 5.32 Å². The van der Waals surface area contributed by atoms with Crippen LogP contribution in [0.15, 0.2) is 0 Å². The predicted molar refractivity (Wildman–Crippen MR) is 54.4 cm³/mol. The fourth-order valence-electron chi connectivity index (χ4n) is 1.02. The number of carbonyl (C=O) groups excluding carboxylic acids is 2. The van der Waals surface area contributed by atoms with Gasteiger partial charge in [-0.1, -0.05) is 6.92 Å². The minimum atomic E-state index is -1.08. The molecule has 0 heterocycles. The van der Waals surface area contributed by atoms with Crippen LogP contribution in [0, 0.1) is 5.92 Å². The van der Waals surface area contributed by atoms with Gasteiger partial charge in [0.2, 0.25) is 5.91 Å². The first kappa shape index (κ1) is 14.4. The molecule has 0 aromatic carbocycles. The number of amides is 1. The Bertz CT molecular complexity index is 279. The lowest BCUT2D eigenvalue weighted by Gasteiger charge is -2.16. The molecule has 7 heteroatoms. The van der Waals surface area contributed by atoms with E-state index in [0.717, 1.165) is 0 Å². The molecular formula is C9H16N2O5. The molecule has 92 valence electrons. The largest absolute Gasteiger partial charge is 0.481 e. The van der Waals surface area contributed by atoms with Crippen molar-refractivity contribution in [1.29, 1.82) is 0 Å². The van der Waals surface area contributed by atoms with Gasteiger partial charge in [0.05, 0.1) is 13.5 Å². The average molecular weight is 232 g/mol. The molecule has 0 radical (unpaired) electrons. The Hall–Kier alpha value is -1.63. The molecule has 0 aliphatic heterocycles. The monoisotopic (exact) mass is 232 g/mol. The maximum absolute atomic E-state index is 11.4. The summed E-state index contributed by atoms with van der Waals surface area (Å²) in [7, 11) is 1.18. The van der Waals surface area contributed by atoms with Crippen LogP contribution >= 0.6 is 0 Å². The third-order valence-electron chi connectivity index (χ3n) is 1.97. The summed E-state index contributed by atoms with van der Waals surface area (Å²) < 4.78 is 4.41. The zero-order chi connectivity index (χ0) is 12.7. The quantitative estimate of drug-likeness (QED) is 0.490. The highest BCUT2D eigenvalue weighted by Gasteiger charge is 2.23. The predicted octanol–water partition coefficient (Wildman–Crippen LogP) is -1.29. The van der Waals surface area contributed by atoms with Crippen molar-refractivity contribution in [2.24, 2.45) is 11.7 Å². The maximum atomic E-state index is 11.4. The summed E-state index contributed by atoms with van der Waals surface area (Å²) in [4.78, 5) is 32.9. The van der Waals surface area contributed by atoms with Crippen LogP contribution in [0.5, 0.6) is 0 Å². The van der Waals surface area contributed by atoms with E-state index in [-0.39, 0.29) is 13.0 Å². The van der Waals surface area contributed by atoms with Gasteiger partial charge in [-0.05, 0) is 0 Å². The van der Waals surface area contributed by atoms with E-state index in [0.29, 0.717) is 0 Å². The van der Waals surface area contributed by atoms with Gasteiger partial charge in [-0.2, -0.15) is 0 Å². The van der Waals surface area contributed by atoms with E-state index in [4.69, 9.17) is 10.8 Å². The Morgan fingerprint density at radius 1 is 1.44 bits per heavy atom. The van der Waals surface area contributed by atoms with Crippen molar-refractivity contribution in [3.8, 4) is 0 Å². The molecule has 16 heavy (non-hydrogen) atoms. The van der Waals surface area contributed by atoms with Crippen molar-refractivity contribution in [3.05, 3.63) is 0 Å². The second-order valence-corrected chi connectivity index (χ2v) is 3.32. The highest BCUT2D eigenvalue weighted by molar-refractivity contribution is 5.87. The summed E-state index contributed by atoms with van der Waals surface area (Å²) in [6, 6.07) is -0.936. The first-order chi connectivity index (χ1) is 7.42. The molecule has 4 N–H and O–H groups in total. The van der Waals surface area contributed by atoms with Gasteiger partial charge in [-0.15, -0.1) is 0 Å². The van der Waals surface area contributed by atoms with Gasteiger partial charge in [0, 0.05) is 12.5 Å². The fourth-order valence-corrected chi connectivity index (χ4v) is 1.02. The highest BCUT2D eigenvalue weighted by Crippen LogP contribution is 2.02. The fraction of sp³-hybridized carbons (Fsp3) is 0.667. The number of nitrogens with one attached hydrogen (secondary N) is 1. The molecule has 0 rings (SSSR count). The van der Waals surface area contributed by atoms with E-state index in [1.165, 1.54) is 14.0 Å². The SMILES string of the molecule is COC(=O)C(CN)NC(=O)C(C)CC(=O)O. The summed E-state index contributed by atoms with van der Waals surface area (Å²) in [5.41, 5.74) is 5.27. The van der Waals surface area contributed by atoms with Crippen LogP contribution in [0.4, 0.5) is 0 Å². The van der Waals surface area contributed by atoms with E-state index in [1.54, 1.807) is 0 Å². The number of methoxy groups -OCH3 is 1. The number of carbonyl (C=O) groups is 3. The maximum Gasteiger partial charge on any atom is 0.329 e. The number of ether oxygens (including phenoxy) is 1. The first-order valence-electron chi connectivity index (χ1n) is 4.72. The molecule has 1 amide bonds. The molecule has 0 fully saturated rings. The number of nitrogens with two attached hydrogens (primary N) is 1. The standard InChI is InChI=1S/C9H16N2O5/c1-5(3-7(12)13)8(14)11-6(4-10)9(15)16-2/h5-6H,3-4,10H2,1-2H3,(H,11,14)(H,12,13). The average Bonchev–Trinajstić information content (AvgIpc) is 2.23. The summed E-state index contributed by atoms with van der Waals surface area (Å²) in [5.74, 6) is -3.00. The first-order valence-corrected chi connectivity index (χ1v) is 4.72. The summed E-state index contributed by atoms with van der Waals surface area (Å²) in [6.45, 7) is 1.35. The van der Waals surface area contributed by atoms with Crippen LogP contribution in [-0.2, 0) is 19.1 Å². The van der Waals surface area contributed by atoms with E-state index in [2.05, 4.69) is 10.1 Å². The number of aliphatic carboxylic acids is 1. The minimum Gasteiger partial charge on any atom is -0.481 e. The number of carboxylic acid groups (broad SMARTS) is 1. The zero-order valence-corrected chi connectivity index (χ0v) is 9.23. The van der Waals surface area contributed by atoms with Crippen LogP contribution in [0.2, 0.25) is 0 Å².